The summed E-state index contributed by atoms with van der Waals surface area (Å²) in [5.74, 6) is 1.21. The van der Waals surface area contributed by atoms with Crippen molar-refractivity contribution in [1.29, 1.82) is 0 Å². The largest absolute Gasteiger partial charge is 0.392 e. The first-order chi connectivity index (χ1) is 7.63. The fraction of sp³-hybridized carbons (Fsp3) is 0.571. The Morgan fingerprint density at radius 3 is 2.38 bits per heavy atom. The van der Waals surface area contributed by atoms with Gasteiger partial charge in [-0.3, -0.25) is 0 Å². The van der Waals surface area contributed by atoms with Gasteiger partial charge in [-0.1, -0.05) is 36.8 Å². The topological polar surface area (TPSA) is 46.2 Å². The van der Waals surface area contributed by atoms with Crippen molar-refractivity contribution in [2.75, 3.05) is 6.54 Å². The van der Waals surface area contributed by atoms with Crippen LogP contribution in [0.4, 0.5) is 0 Å². The summed E-state index contributed by atoms with van der Waals surface area (Å²) >= 11 is 0. The van der Waals surface area contributed by atoms with E-state index < -0.39 is 0 Å². The van der Waals surface area contributed by atoms with E-state index in [4.69, 9.17) is 5.73 Å². The number of aryl methyl sites for hydroxylation is 1. The summed E-state index contributed by atoms with van der Waals surface area (Å²) in [6.45, 7) is 4.78. The Balaban J connectivity index is 2.12. The van der Waals surface area contributed by atoms with Crippen LogP contribution >= 0.6 is 0 Å². The molecule has 2 rings (SSSR count). The number of benzene rings is 1. The standard InChI is InChI=1S/C14H21NO/c1-9-3-5-11(6-4-9)13(8-15)14(16)12-7-10(12)2/h3-6,10,12-14,16H,7-8,15H2,1-2H3. The summed E-state index contributed by atoms with van der Waals surface area (Å²) in [6, 6.07) is 8.34. The first-order valence-corrected chi connectivity index (χ1v) is 6.08. The van der Waals surface area contributed by atoms with Crippen LogP contribution in [0, 0.1) is 18.8 Å². The molecule has 3 N–H and O–H groups in total. The van der Waals surface area contributed by atoms with Gasteiger partial charge in [0.25, 0.3) is 0 Å². The SMILES string of the molecule is Cc1ccc(C(CN)C(O)C2CC2C)cc1. The molecular weight excluding hydrogens is 198 g/mol. The van der Waals surface area contributed by atoms with Crippen LogP contribution in [0.3, 0.4) is 0 Å². The van der Waals surface area contributed by atoms with Crippen molar-refractivity contribution in [2.45, 2.75) is 32.3 Å². The number of aliphatic hydroxyl groups excluding tert-OH is 1. The molecule has 2 heteroatoms. The molecule has 0 aliphatic heterocycles. The number of hydrogen-bond donors (Lipinski definition) is 2. The lowest BCUT2D eigenvalue weighted by molar-refractivity contribution is 0.118. The molecule has 1 aromatic rings. The summed E-state index contributed by atoms with van der Waals surface area (Å²) in [5.41, 5.74) is 8.21. The maximum Gasteiger partial charge on any atom is 0.0651 e. The average Bonchev–Trinajstić information content (AvgIpc) is 2.99. The van der Waals surface area contributed by atoms with E-state index in [-0.39, 0.29) is 12.0 Å². The van der Waals surface area contributed by atoms with Crippen LogP contribution < -0.4 is 5.73 Å². The lowest BCUT2D eigenvalue weighted by Gasteiger charge is -2.22. The van der Waals surface area contributed by atoms with Gasteiger partial charge in [0.1, 0.15) is 0 Å². The second-order valence-electron chi connectivity index (χ2n) is 5.12. The van der Waals surface area contributed by atoms with Gasteiger partial charge in [0.15, 0.2) is 0 Å². The van der Waals surface area contributed by atoms with Gasteiger partial charge >= 0.3 is 0 Å². The molecule has 0 radical (unpaired) electrons. The highest BCUT2D eigenvalue weighted by molar-refractivity contribution is 5.26. The molecule has 0 saturated heterocycles. The van der Waals surface area contributed by atoms with Gasteiger partial charge in [-0.2, -0.15) is 0 Å². The van der Waals surface area contributed by atoms with Crippen LogP contribution in [0.5, 0.6) is 0 Å². The van der Waals surface area contributed by atoms with Crippen molar-refractivity contribution in [2.24, 2.45) is 17.6 Å². The number of hydrogen-bond acceptors (Lipinski definition) is 2. The van der Waals surface area contributed by atoms with E-state index in [9.17, 15) is 5.11 Å². The summed E-state index contributed by atoms with van der Waals surface area (Å²) in [4.78, 5) is 0. The molecule has 0 bridgehead atoms. The zero-order chi connectivity index (χ0) is 11.7. The zero-order valence-electron chi connectivity index (χ0n) is 10.1. The van der Waals surface area contributed by atoms with Crippen LogP contribution in [-0.4, -0.2) is 17.8 Å². The number of rotatable bonds is 4. The molecule has 1 fully saturated rings. The van der Waals surface area contributed by atoms with Crippen LogP contribution in [-0.2, 0) is 0 Å². The summed E-state index contributed by atoms with van der Waals surface area (Å²) in [5, 5.41) is 10.3. The monoisotopic (exact) mass is 219 g/mol. The highest BCUT2D eigenvalue weighted by Crippen LogP contribution is 2.44. The van der Waals surface area contributed by atoms with Gasteiger partial charge in [-0.05, 0) is 30.7 Å². The highest BCUT2D eigenvalue weighted by atomic mass is 16.3. The average molecular weight is 219 g/mol. The van der Waals surface area contributed by atoms with Gasteiger partial charge in [0.2, 0.25) is 0 Å². The van der Waals surface area contributed by atoms with Crippen molar-refractivity contribution in [3.05, 3.63) is 35.4 Å². The van der Waals surface area contributed by atoms with Crippen molar-refractivity contribution < 1.29 is 5.11 Å². The lowest BCUT2D eigenvalue weighted by Crippen LogP contribution is -2.28. The van der Waals surface area contributed by atoms with E-state index in [1.165, 1.54) is 11.1 Å². The van der Waals surface area contributed by atoms with Gasteiger partial charge in [-0.15, -0.1) is 0 Å². The fourth-order valence-electron chi connectivity index (χ4n) is 2.41. The molecule has 4 unspecified atom stereocenters. The van der Waals surface area contributed by atoms with Gasteiger partial charge < -0.3 is 10.8 Å². The third-order valence-electron chi connectivity index (χ3n) is 3.78. The molecule has 88 valence electrons. The van der Waals surface area contributed by atoms with Crippen molar-refractivity contribution >= 4 is 0 Å². The Labute approximate surface area is 97.5 Å². The van der Waals surface area contributed by atoms with Crippen LogP contribution in [0.1, 0.15) is 30.4 Å². The van der Waals surface area contributed by atoms with E-state index in [1.54, 1.807) is 0 Å². The Bertz CT molecular complexity index is 346. The second kappa shape index (κ2) is 4.56. The molecular formula is C14H21NO. The third kappa shape index (κ3) is 2.28. The van der Waals surface area contributed by atoms with Crippen LogP contribution in [0.25, 0.3) is 0 Å². The normalized spacial score (nSPS) is 27.5. The van der Waals surface area contributed by atoms with Gasteiger partial charge in [0.05, 0.1) is 6.10 Å². The van der Waals surface area contributed by atoms with Gasteiger partial charge in [0, 0.05) is 12.5 Å². The van der Waals surface area contributed by atoms with E-state index in [0.29, 0.717) is 18.4 Å². The molecule has 0 heterocycles. The minimum Gasteiger partial charge on any atom is -0.392 e. The quantitative estimate of drug-likeness (QED) is 0.814. The lowest BCUT2D eigenvalue weighted by atomic mass is 9.90. The minimum atomic E-state index is -0.275. The predicted octanol–water partition coefficient (Wildman–Crippen LogP) is 2.05. The summed E-state index contributed by atoms with van der Waals surface area (Å²) < 4.78 is 0. The zero-order valence-corrected chi connectivity index (χ0v) is 10.1. The Hall–Kier alpha value is -0.860. The van der Waals surface area contributed by atoms with Gasteiger partial charge in [-0.25, -0.2) is 0 Å². The van der Waals surface area contributed by atoms with E-state index in [2.05, 4.69) is 38.1 Å². The fourth-order valence-corrected chi connectivity index (χ4v) is 2.41. The molecule has 1 saturated carbocycles. The molecule has 1 aromatic carbocycles. The van der Waals surface area contributed by atoms with Crippen molar-refractivity contribution in [3.63, 3.8) is 0 Å². The van der Waals surface area contributed by atoms with E-state index >= 15 is 0 Å². The van der Waals surface area contributed by atoms with Crippen LogP contribution in [0.15, 0.2) is 24.3 Å². The highest BCUT2D eigenvalue weighted by Gasteiger charge is 2.42. The molecule has 2 nitrogen and oxygen atoms in total. The minimum absolute atomic E-state index is 0.0931. The number of nitrogens with two attached hydrogens (primary N) is 1. The van der Waals surface area contributed by atoms with E-state index in [1.807, 2.05) is 0 Å². The second-order valence-corrected chi connectivity index (χ2v) is 5.12. The third-order valence-corrected chi connectivity index (χ3v) is 3.78. The first kappa shape index (κ1) is 11.6. The van der Waals surface area contributed by atoms with Crippen molar-refractivity contribution in [1.82, 2.24) is 0 Å². The molecule has 0 aromatic heterocycles. The molecule has 1 aliphatic rings. The van der Waals surface area contributed by atoms with Crippen LogP contribution in [0.2, 0.25) is 0 Å². The molecule has 0 amide bonds. The van der Waals surface area contributed by atoms with E-state index in [0.717, 1.165) is 6.42 Å². The predicted molar refractivity (Wildman–Crippen MR) is 66.3 cm³/mol. The molecule has 4 atom stereocenters. The summed E-state index contributed by atoms with van der Waals surface area (Å²) in [7, 11) is 0. The number of aliphatic hydroxyl groups is 1. The first-order valence-electron chi connectivity index (χ1n) is 6.08. The van der Waals surface area contributed by atoms with Crippen molar-refractivity contribution in [3.8, 4) is 0 Å². The maximum absolute atomic E-state index is 10.3. The molecule has 1 aliphatic carbocycles. The Kier molecular flexibility index (Phi) is 3.31. The summed E-state index contributed by atoms with van der Waals surface area (Å²) in [6.07, 6.45) is 0.867. The maximum atomic E-state index is 10.3. The Morgan fingerprint density at radius 2 is 1.94 bits per heavy atom. The Morgan fingerprint density at radius 1 is 1.38 bits per heavy atom. The smallest absolute Gasteiger partial charge is 0.0651 e. The molecule has 16 heavy (non-hydrogen) atoms. The molecule has 0 spiro atoms.